The van der Waals surface area contributed by atoms with E-state index in [4.69, 9.17) is 11.6 Å². The molecule has 0 saturated carbocycles. The number of nitrogens with zero attached hydrogens (tertiary/aromatic N) is 2. The molecule has 0 fully saturated rings. The van der Waals surface area contributed by atoms with Gasteiger partial charge in [0.2, 0.25) is 11.8 Å². The number of sulfonamides is 1. The minimum atomic E-state index is -4.20. The van der Waals surface area contributed by atoms with Crippen molar-refractivity contribution in [3.63, 3.8) is 0 Å². The lowest BCUT2D eigenvalue weighted by Gasteiger charge is -2.34. The SMILES string of the molecule is Cc1ccc(S(=O)(=O)N(CC(=O)N(Cc2ccccc2C)[C@@H](Cc2ccccc2)C(=O)NCC(C)C)c2ccc(Cl)cc2C)cc1. The second kappa shape index (κ2) is 15.4. The van der Waals surface area contributed by atoms with Crippen molar-refractivity contribution in [2.24, 2.45) is 5.92 Å². The van der Waals surface area contributed by atoms with Gasteiger partial charge in [0, 0.05) is 24.5 Å². The molecule has 242 valence electrons. The van der Waals surface area contributed by atoms with Crippen molar-refractivity contribution < 1.29 is 18.0 Å². The van der Waals surface area contributed by atoms with Crippen LogP contribution in [0.2, 0.25) is 5.02 Å². The van der Waals surface area contributed by atoms with E-state index in [-0.39, 0.29) is 29.7 Å². The number of hydrogen-bond acceptors (Lipinski definition) is 4. The Hall–Kier alpha value is -4.14. The largest absolute Gasteiger partial charge is 0.354 e. The number of halogens is 1. The fourth-order valence-electron chi connectivity index (χ4n) is 5.20. The first kappa shape index (κ1) is 34.7. The summed E-state index contributed by atoms with van der Waals surface area (Å²) in [7, 11) is -4.20. The zero-order valence-corrected chi connectivity index (χ0v) is 28.6. The molecule has 0 spiro atoms. The van der Waals surface area contributed by atoms with Crippen molar-refractivity contribution in [1.29, 1.82) is 0 Å². The lowest BCUT2D eigenvalue weighted by molar-refractivity contribution is -0.140. The molecule has 0 bridgehead atoms. The van der Waals surface area contributed by atoms with Crippen molar-refractivity contribution in [2.45, 2.75) is 58.5 Å². The van der Waals surface area contributed by atoms with Crippen LogP contribution >= 0.6 is 11.6 Å². The van der Waals surface area contributed by atoms with Crippen LogP contribution in [0.25, 0.3) is 0 Å². The molecule has 1 atom stereocenters. The fraction of sp³-hybridized carbons (Fsp3) is 0.297. The third kappa shape index (κ3) is 8.77. The number of rotatable bonds is 13. The quantitative estimate of drug-likeness (QED) is 0.170. The average molecular weight is 660 g/mol. The predicted molar refractivity (Wildman–Crippen MR) is 185 cm³/mol. The Morgan fingerprint density at radius 1 is 0.826 bits per heavy atom. The van der Waals surface area contributed by atoms with Crippen LogP contribution < -0.4 is 9.62 Å². The second-order valence-corrected chi connectivity index (χ2v) is 14.3. The lowest BCUT2D eigenvalue weighted by atomic mass is 10.0. The highest BCUT2D eigenvalue weighted by atomic mass is 35.5. The summed E-state index contributed by atoms with van der Waals surface area (Å²) in [6.07, 6.45) is 0.257. The minimum absolute atomic E-state index is 0.0567. The highest BCUT2D eigenvalue weighted by molar-refractivity contribution is 7.92. The molecular formula is C37H42ClN3O4S. The fourth-order valence-corrected chi connectivity index (χ4v) is 6.90. The first-order chi connectivity index (χ1) is 21.9. The van der Waals surface area contributed by atoms with Crippen LogP contribution in [0.5, 0.6) is 0 Å². The minimum Gasteiger partial charge on any atom is -0.354 e. The van der Waals surface area contributed by atoms with Crippen LogP contribution in [0.3, 0.4) is 0 Å². The Bertz CT molecular complexity index is 1760. The van der Waals surface area contributed by atoms with E-state index < -0.39 is 28.5 Å². The highest BCUT2D eigenvalue weighted by Crippen LogP contribution is 2.30. The zero-order valence-electron chi connectivity index (χ0n) is 27.0. The summed E-state index contributed by atoms with van der Waals surface area (Å²) in [4.78, 5) is 30.1. The molecule has 0 aromatic heterocycles. The zero-order chi connectivity index (χ0) is 33.4. The van der Waals surface area contributed by atoms with E-state index in [1.165, 1.54) is 17.0 Å². The smallest absolute Gasteiger partial charge is 0.264 e. The molecule has 0 aliphatic heterocycles. The molecule has 1 N–H and O–H groups in total. The Kier molecular flexibility index (Phi) is 11.7. The maximum Gasteiger partial charge on any atom is 0.264 e. The number of nitrogens with one attached hydrogen (secondary N) is 1. The molecule has 0 aliphatic rings. The van der Waals surface area contributed by atoms with E-state index in [1.54, 1.807) is 37.3 Å². The molecule has 4 rings (SSSR count). The van der Waals surface area contributed by atoms with Gasteiger partial charge in [-0.25, -0.2) is 8.42 Å². The third-order valence-corrected chi connectivity index (χ3v) is 9.88. The van der Waals surface area contributed by atoms with Gasteiger partial charge in [0.1, 0.15) is 12.6 Å². The predicted octanol–water partition coefficient (Wildman–Crippen LogP) is 6.87. The number of amides is 2. The first-order valence-corrected chi connectivity index (χ1v) is 17.2. The van der Waals surface area contributed by atoms with E-state index in [0.717, 1.165) is 26.6 Å². The maximum absolute atomic E-state index is 14.6. The van der Waals surface area contributed by atoms with Gasteiger partial charge < -0.3 is 10.2 Å². The van der Waals surface area contributed by atoms with Crippen molar-refractivity contribution in [2.75, 3.05) is 17.4 Å². The number of carbonyl (C=O) groups excluding carboxylic acids is 2. The first-order valence-electron chi connectivity index (χ1n) is 15.4. The van der Waals surface area contributed by atoms with Crippen LogP contribution in [-0.2, 0) is 32.6 Å². The van der Waals surface area contributed by atoms with Crippen molar-refractivity contribution in [3.8, 4) is 0 Å². The van der Waals surface area contributed by atoms with Crippen LogP contribution in [0.15, 0.2) is 102 Å². The number of aryl methyl sites for hydroxylation is 3. The Morgan fingerprint density at radius 2 is 1.48 bits per heavy atom. The lowest BCUT2D eigenvalue weighted by Crippen LogP contribution is -2.54. The van der Waals surface area contributed by atoms with Gasteiger partial charge in [-0.1, -0.05) is 97.7 Å². The summed E-state index contributed by atoms with van der Waals surface area (Å²) in [5.41, 5.74) is 4.53. The third-order valence-electron chi connectivity index (χ3n) is 7.87. The second-order valence-electron chi connectivity index (χ2n) is 12.0. The van der Waals surface area contributed by atoms with Gasteiger partial charge in [-0.15, -0.1) is 0 Å². The maximum atomic E-state index is 14.6. The summed E-state index contributed by atoms with van der Waals surface area (Å²) in [5.74, 6) is -0.603. The van der Waals surface area contributed by atoms with E-state index in [2.05, 4.69) is 5.32 Å². The van der Waals surface area contributed by atoms with E-state index in [1.807, 2.05) is 82.3 Å². The van der Waals surface area contributed by atoms with Gasteiger partial charge in [0.05, 0.1) is 10.6 Å². The van der Waals surface area contributed by atoms with Crippen LogP contribution in [0.1, 0.15) is 41.7 Å². The molecule has 0 unspecified atom stereocenters. The number of anilines is 1. The van der Waals surface area contributed by atoms with Crippen molar-refractivity contribution in [3.05, 3.63) is 130 Å². The Morgan fingerprint density at radius 3 is 2.11 bits per heavy atom. The van der Waals surface area contributed by atoms with E-state index >= 15 is 0 Å². The van der Waals surface area contributed by atoms with Gasteiger partial charge in [-0.05, 0) is 79.3 Å². The van der Waals surface area contributed by atoms with E-state index in [9.17, 15) is 18.0 Å². The average Bonchev–Trinajstić information content (AvgIpc) is 3.02. The van der Waals surface area contributed by atoms with Crippen molar-refractivity contribution >= 4 is 39.1 Å². The number of benzene rings is 4. The normalized spacial score (nSPS) is 12.1. The summed E-state index contributed by atoms with van der Waals surface area (Å²) in [6, 6.07) is 27.7. The Balaban J connectivity index is 1.83. The number of carbonyl (C=O) groups is 2. The molecule has 9 heteroatoms. The van der Waals surface area contributed by atoms with Gasteiger partial charge in [0.25, 0.3) is 10.0 Å². The molecular weight excluding hydrogens is 618 g/mol. The summed E-state index contributed by atoms with van der Waals surface area (Å²) >= 11 is 6.25. The molecule has 7 nitrogen and oxygen atoms in total. The molecule has 0 radical (unpaired) electrons. The van der Waals surface area contributed by atoms with Gasteiger partial charge in [0.15, 0.2) is 0 Å². The molecule has 4 aromatic rings. The summed E-state index contributed by atoms with van der Waals surface area (Å²) in [5, 5.41) is 3.47. The molecule has 46 heavy (non-hydrogen) atoms. The Labute approximate surface area is 278 Å². The monoisotopic (exact) mass is 659 g/mol. The van der Waals surface area contributed by atoms with E-state index in [0.29, 0.717) is 22.8 Å². The van der Waals surface area contributed by atoms with Crippen LogP contribution in [-0.4, -0.2) is 44.3 Å². The van der Waals surface area contributed by atoms with Gasteiger partial charge in [-0.3, -0.25) is 13.9 Å². The van der Waals surface area contributed by atoms with Gasteiger partial charge in [-0.2, -0.15) is 0 Å². The van der Waals surface area contributed by atoms with Crippen LogP contribution in [0, 0.1) is 26.7 Å². The number of hydrogen-bond donors (Lipinski definition) is 1. The van der Waals surface area contributed by atoms with Gasteiger partial charge >= 0.3 is 0 Å². The molecule has 0 heterocycles. The summed E-state index contributed by atoms with van der Waals surface area (Å²) < 4.78 is 29.7. The topological polar surface area (TPSA) is 86.8 Å². The molecule has 0 saturated heterocycles. The molecule has 2 amide bonds. The van der Waals surface area contributed by atoms with Crippen molar-refractivity contribution in [1.82, 2.24) is 10.2 Å². The highest BCUT2D eigenvalue weighted by Gasteiger charge is 2.35. The standard InChI is InChI=1S/C37H42ClN3O4S/c1-26(2)23-39-37(43)35(22-30-12-7-6-8-13-30)40(24-31-14-10-9-11-28(31)4)36(42)25-41(34-20-17-32(38)21-29(34)5)46(44,45)33-18-15-27(3)16-19-33/h6-21,26,35H,22-25H2,1-5H3,(H,39,43)/t35-/m0/s1. The molecule has 4 aromatic carbocycles. The van der Waals surface area contributed by atoms with Crippen LogP contribution in [0.4, 0.5) is 5.69 Å². The molecule has 0 aliphatic carbocycles. The summed E-state index contributed by atoms with van der Waals surface area (Å²) in [6.45, 7) is 9.63.